The number of hydrogen-bond acceptors (Lipinski definition) is 7. The van der Waals surface area contributed by atoms with E-state index in [2.05, 4.69) is 36.0 Å². The third-order valence-electron chi connectivity index (χ3n) is 0.998. The van der Waals surface area contributed by atoms with Gasteiger partial charge in [0.1, 0.15) is 0 Å². The van der Waals surface area contributed by atoms with Crippen molar-refractivity contribution in [2.45, 2.75) is 0 Å². The zero-order valence-corrected chi connectivity index (χ0v) is 6.04. The van der Waals surface area contributed by atoms with Crippen molar-refractivity contribution in [2.75, 3.05) is 0 Å². The molecule has 0 radical (unpaired) electrons. The second-order valence-electron chi connectivity index (χ2n) is 1.86. The molecule has 0 amide bonds. The SMILES string of the molecule is Cn1nnc(Oc2nn[nH]n2)n1. The topological polar surface area (TPSA) is 107 Å². The lowest BCUT2D eigenvalue weighted by Gasteiger charge is -1.87. The molecule has 0 saturated heterocycles. The number of aryl methyl sites for hydroxylation is 1. The van der Waals surface area contributed by atoms with Gasteiger partial charge in [-0.2, -0.15) is 10.0 Å². The lowest BCUT2D eigenvalue weighted by molar-refractivity contribution is 0.405. The maximum atomic E-state index is 4.92. The van der Waals surface area contributed by atoms with Crippen LogP contribution in [0, 0.1) is 0 Å². The Labute approximate surface area is 65.7 Å². The average molecular weight is 168 g/mol. The Bertz CT molecular complexity index is 350. The van der Waals surface area contributed by atoms with Gasteiger partial charge in [-0.05, 0) is 10.4 Å². The highest BCUT2D eigenvalue weighted by Gasteiger charge is 2.05. The molecule has 0 aliphatic carbocycles. The van der Waals surface area contributed by atoms with E-state index in [4.69, 9.17) is 4.74 Å². The van der Waals surface area contributed by atoms with Gasteiger partial charge in [0, 0.05) is 0 Å². The van der Waals surface area contributed by atoms with Gasteiger partial charge in [0.2, 0.25) is 0 Å². The van der Waals surface area contributed by atoms with Crippen LogP contribution in [-0.2, 0) is 7.05 Å². The van der Waals surface area contributed by atoms with Crippen molar-refractivity contribution in [1.82, 2.24) is 40.8 Å². The average Bonchev–Trinajstić information content (AvgIpc) is 2.63. The monoisotopic (exact) mass is 168 g/mol. The molecule has 62 valence electrons. The summed E-state index contributed by atoms with van der Waals surface area (Å²) in [5.74, 6) is 0. The highest BCUT2D eigenvalue weighted by atomic mass is 16.5. The molecule has 0 fully saturated rings. The van der Waals surface area contributed by atoms with Crippen LogP contribution in [0.15, 0.2) is 0 Å². The van der Waals surface area contributed by atoms with Gasteiger partial charge in [0.05, 0.1) is 7.05 Å². The molecule has 2 heterocycles. The Morgan fingerprint density at radius 3 is 2.83 bits per heavy atom. The molecule has 2 aromatic rings. The number of tetrazole rings is 2. The Kier molecular flexibility index (Phi) is 1.40. The largest absolute Gasteiger partial charge is 0.384 e. The Balaban J connectivity index is 2.14. The number of nitrogens with zero attached hydrogens (tertiary/aromatic N) is 7. The minimum atomic E-state index is 0.0583. The van der Waals surface area contributed by atoms with Crippen LogP contribution in [0.4, 0.5) is 0 Å². The van der Waals surface area contributed by atoms with Crippen molar-refractivity contribution in [1.29, 1.82) is 0 Å². The molecule has 0 aromatic carbocycles. The third kappa shape index (κ3) is 1.19. The van der Waals surface area contributed by atoms with Crippen molar-refractivity contribution in [3.05, 3.63) is 0 Å². The Morgan fingerprint density at radius 1 is 1.33 bits per heavy atom. The summed E-state index contributed by atoms with van der Waals surface area (Å²) in [4.78, 5) is 1.26. The van der Waals surface area contributed by atoms with Crippen LogP contribution in [0.1, 0.15) is 0 Å². The van der Waals surface area contributed by atoms with Crippen LogP contribution < -0.4 is 4.74 Å². The van der Waals surface area contributed by atoms with Crippen LogP contribution in [0.5, 0.6) is 12.0 Å². The van der Waals surface area contributed by atoms with Gasteiger partial charge in [-0.25, -0.2) is 0 Å². The van der Waals surface area contributed by atoms with E-state index in [9.17, 15) is 0 Å². The summed E-state index contributed by atoms with van der Waals surface area (Å²) in [5.41, 5.74) is 0. The Hall–Kier alpha value is -2.06. The maximum absolute atomic E-state index is 4.92. The molecule has 2 rings (SSSR count). The van der Waals surface area contributed by atoms with Gasteiger partial charge < -0.3 is 4.74 Å². The number of ether oxygens (including phenoxy) is 1. The van der Waals surface area contributed by atoms with Gasteiger partial charge in [-0.15, -0.1) is 0 Å². The van der Waals surface area contributed by atoms with E-state index in [0.29, 0.717) is 0 Å². The van der Waals surface area contributed by atoms with Gasteiger partial charge in [0.25, 0.3) is 0 Å². The molecular formula is C3H4N8O. The second kappa shape index (κ2) is 2.53. The fourth-order valence-electron chi connectivity index (χ4n) is 0.585. The number of rotatable bonds is 2. The van der Waals surface area contributed by atoms with Gasteiger partial charge in [-0.1, -0.05) is 20.4 Å². The van der Waals surface area contributed by atoms with E-state index < -0.39 is 0 Å². The minimum Gasteiger partial charge on any atom is -0.384 e. The molecule has 0 saturated carbocycles. The number of aromatic amines is 1. The van der Waals surface area contributed by atoms with E-state index in [0.717, 1.165) is 0 Å². The minimum absolute atomic E-state index is 0.0583. The predicted octanol–water partition coefficient (Wildman–Crippen LogP) is -1.48. The zero-order valence-electron chi connectivity index (χ0n) is 6.04. The van der Waals surface area contributed by atoms with Crippen molar-refractivity contribution in [2.24, 2.45) is 7.05 Å². The quantitative estimate of drug-likeness (QED) is 0.582. The summed E-state index contributed by atoms with van der Waals surface area (Å²) in [6.45, 7) is 0. The molecular weight excluding hydrogens is 164 g/mol. The van der Waals surface area contributed by atoms with Crippen LogP contribution in [0.2, 0.25) is 0 Å². The second-order valence-corrected chi connectivity index (χ2v) is 1.86. The van der Waals surface area contributed by atoms with Crippen molar-refractivity contribution in [3.63, 3.8) is 0 Å². The highest BCUT2D eigenvalue weighted by Crippen LogP contribution is 2.06. The smallest absolute Gasteiger partial charge is 0.364 e. The van der Waals surface area contributed by atoms with Crippen LogP contribution in [-0.4, -0.2) is 40.8 Å². The molecule has 9 heteroatoms. The normalized spacial score (nSPS) is 10.1. The van der Waals surface area contributed by atoms with Crippen molar-refractivity contribution < 1.29 is 4.74 Å². The van der Waals surface area contributed by atoms with E-state index >= 15 is 0 Å². The molecule has 0 aliphatic heterocycles. The third-order valence-corrected chi connectivity index (χ3v) is 0.998. The fraction of sp³-hybridized carbons (Fsp3) is 0.333. The summed E-state index contributed by atoms with van der Waals surface area (Å²) in [6, 6.07) is 0.141. The fourth-order valence-corrected chi connectivity index (χ4v) is 0.585. The predicted molar refractivity (Wildman–Crippen MR) is 33.0 cm³/mol. The maximum Gasteiger partial charge on any atom is 0.364 e. The molecule has 0 atom stereocenters. The lowest BCUT2D eigenvalue weighted by Crippen LogP contribution is -1.92. The van der Waals surface area contributed by atoms with Crippen LogP contribution >= 0.6 is 0 Å². The molecule has 0 spiro atoms. The Morgan fingerprint density at radius 2 is 2.25 bits per heavy atom. The first-order valence-electron chi connectivity index (χ1n) is 3.00. The van der Waals surface area contributed by atoms with Crippen molar-refractivity contribution >= 4 is 0 Å². The zero-order chi connectivity index (χ0) is 8.39. The molecule has 1 N–H and O–H groups in total. The summed E-state index contributed by atoms with van der Waals surface area (Å²) < 4.78 is 4.92. The first kappa shape index (κ1) is 6.64. The first-order valence-corrected chi connectivity index (χ1v) is 3.00. The van der Waals surface area contributed by atoms with Crippen LogP contribution in [0.25, 0.3) is 0 Å². The number of H-pyrrole nitrogens is 1. The highest BCUT2D eigenvalue weighted by molar-refractivity contribution is 4.95. The number of hydrogen-bond donors (Lipinski definition) is 1. The summed E-state index contributed by atoms with van der Waals surface area (Å²) in [6.07, 6.45) is 0. The molecule has 0 unspecified atom stereocenters. The van der Waals surface area contributed by atoms with Crippen molar-refractivity contribution in [3.8, 4) is 12.0 Å². The van der Waals surface area contributed by atoms with Gasteiger partial charge >= 0.3 is 12.0 Å². The summed E-state index contributed by atoms with van der Waals surface area (Å²) in [5, 5.41) is 23.4. The molecule has 12 heavy (non-hydrogen) atoms. The van der Waals surface area contributed by atoms with Gasteiger partial charge in [0.15, 0.2) is 0 Å². The van der Waals surface area contributed by atoms with Crippen LogP contribution in [0.3, 0.4) is 0 Å². The van der Waals surface area contributed by atoms with E-state index in [1.165, 1.54) is 4.80 Å². The summed E-state index contributed by atoms with van der Waals surface area (Å²) in [7, 11) is 1.62. The molecule has 0 aliphatic rings. The summed E-state index contributed by atoms with van der Waals surface area (Å²) >= 11 is 0. The lowest BCUT2D eigenvalue weighted by atomic mass is 11.1. The molecule has 2 aromatic heterocycles. The first-order chi connectivity index (χ1) is 5.84. The molecule has 0 bridgehead atoms. The number of aromatic nitrogens is 8. The molecule has 9 nitrogen and oxygen atoms in total. The van der Waals surface area contributed by atoms with E-state index in [1.54, 1.807) is 7.05 Å². The number of nitrogens with one attached hydrogen (secondary N) is 1. The van der Waals surface area contributed by atoms with E-state index in [1.807, 2.05) is 0 Å². The standard InChI is InChI=1S/C3H4N8O/c1-11-7-3(6-10-11)12-2-4-8-9-5-2/h1H3,(H,4,5,8,9). The van der Waals surface area contributed by atoms with E-state index in [-0.39, 0.29) is 12.0 Å². The van der Waals surface area contributed by atoms with Gasteiger partial charge in [-0.3, -0.25) is 0 Å².